The molecule has 0 radical (unpaired) electrons. The molecule has 2 heteroatoms. The fourth-order valence-corrected chi connectivity index (χ4v) is 1.24. The second-order valence-electron chi connectivity index (χ2n) is 2.99. The monoisotopic (exact) mass is 255 g/mol. The van der Waals surface area contributed by atoms with Crippen molar-refractivity contribution in [1.82, 2.24) is 5.32 Å². The van der Waals surface area contributed by atoms with E-state index in [-0.39, 0.29) is 5.91 Å². The second kappa shape index (κ2) is 21.3. The fraction of sp³-hybridized carbons (Fsp3) is 0.688. The third-order valence-corrected chi connectivity index (χ3v) is 1.86. The summed E-state index contributed by atoms with van der Waals surface area (Å²) in [4.78, 5) is 10.5. The van der Waals surface area contributed by atoms with Crippen LogP contribution in [0.5, 0.6) is 0 Å². The van der Waals surface area contributed by atoms with Gasteiger partial charge < -0.3 is 5.32 Å². The van der Waals surface area contributed by atoms with Gasteiger partial charge in [-0.1, -0.05) is 65.3 Å². The van der Waals surface area contributed by atoms with Crippen LogP contribution in [0.4, 0.5) is 0 Å². The minimum absolute atomic E-state index is 0.0513. The maximum absolute atomic E-state index is 10.5. The normalized spacial score (nSPS) is 11.4. The maximum Gasteiger partial charge on any atom is 0.216 e. The molecule has 0 saturated heterocycles. The number of hydrogen-bond donors (Lipinski definition) is 1. The molecule has 0 aliphatic heterocycles. The lowest BCUT2D eigenvalue weighted by molar-refractivity contribution is -0.118. The largest absolute Gasteiger partial charge is 0.356 e. The van der Waals surface area contributed by atoms with Crippen molar-refractivity contribution in [2.75, 3.05) is 6.54 Å². The number of carbonyl (C=O) groups is 1. The van der Waals surface area contributed by atoms with Crippen LogP contribution in [-0.2, 0) is 4.79 Å². The predicted octanol–water partition coefficient (Wildman–Crippen LogP) is 4.87. The van der Waals surface area contributed by atoms with Gasteiger partial charge >= 0.3 is 0 Å². The molecule has 1 aliphatic rings. The number of amides is 1. The van der Waals surface area contributed by atoms with E-state index in [0.29, 0.717) is 0 Å². The quantitative estimate of drug-likeness (QED) is 0.766. The van der Waals surface area contributed by atoms with Gasteiger partial charge in [-0.05, 0) is 19.3 Å². The van der Waals surface area contributed by atoms with E-state index in [2.05, 4.69) is 23.5 Å². The van der Waals surface area contributed by atoms with Gasteiger partial charge in [0.05, 0.1) is 0 Å². The number of hydrogen-bond acceptors (Lipinski definition) is 1. The lowest BCUT2D eigenvalue weighted by Crippen LogP contribution is -2.21. The van der Waals surface area contributed by atoms with Crippen LogP contribution in [0.1, 0.15) is 67.7 Å². The molecule has 0 heterocycles. The van der Waals surface area contributed by atoms with E-state index in [1.54, 1.807) is 6.92 Å². The molecule has 18 heavy (non-hydrogen) atoms. The molecular formula is C16H33NO. The first-order valence-corrected chi connectivity index (χ1v) is 7.39. The molecule has 1 amide bonds. The van der Waals surface area contributed by atoms with Gasteiger partial charge in [0.2, 0.25) is 5.91 Å². The second-order valence-corrected chi connectivity index (χ2v) is 2.99. The van der Waals surface area contributed by atoms with Crippen LogP contribution in [-0.4, -0.2) is 12.5 Å². The Morgan fingerprint density at radius 3 is 2.06 bits per heavy atom. The summed E-state index contributed by atoms with van der Waals surface area (Å²) in [5.74, 6) is 0.0513. The molecular weight excluding hydrogens is 222 g/mol. The van der Waals surface area contributed by atoms with Crippen molar-refractivity contribution < 1.29 is 4.79 Å². The summed E-state index contributed by atoms with van der Waals surface area (Å²) in [5.41, 5.74) is 1.34. The highest BCUT2D eigenvalue weighted by Gasteiger charge is 1.97. The fourth-order valence-electron chi connectivity index (χ4n) is 1.24. The smallest absolute Gasteiger partial charge is 0.216 e. The standard InChI is InChI=1S/C10H15NO.3C2H6/c1-9(12)11-8-7-10-5-3-2-4-6-10;3*1-2/h3,5-6H,2,4,7-8H2,1H3,(H,11,12);3*1-2H3. The number of rotatable bonds is 3. The summed E-state index contributed by atoms with van der Waals surface area (Å²) in [6.45, 7) is 14.3. The predicted molar refractivity (Wildman–Crippen MR) is 83.8 cm³/mol. The van der Waals surface area contributed by atoms with E-state index in [1.807, 2.05) is 41.5 Å². The molecule has 0 unspecified atom stereocenters. The van der Waals surface area contributed by atoms with Crippen LogP contribution in [0.25, 0.3) is 0 Å². The Kier molecular flexibility index (Phi) is 26.2. The van der Waals surface area contributed by atoms with E-state index < -0.39 is 0 Å². The van der Waals surface area contributed by atoms with Crippen LogP contribution in [0.3, 0.4) is 0 Å². The molecule has 108 valence electrons. The number of allylic oxidation sites excluding steroid dienone is 3. The summed E-state index contributed by atoms with van der Waals surface area (Å²) in [6.07, 6.45) is 9.82. The van der Waals surface area contributed by atoms with Crippen LogP contribution < -0.4 is 5.32 Å². The van der Waals surface area contributed by atoms with Crippen molar-refractivity contribution in [2.24, 2.45) is 0 Å². The molecule has 0 aromatic rings. The van der Waals surface area contributed by atoms with Gasteiger partial charge in [0.1, 0.15) is 0 Å². The molecule has 0 fully saturated rings. The zero-order valence-electron chi connectivity index (χ0n) is 13.5. The molecule has 0 bridgehead atoms. The first-order valence-electron chi connectivity index (χ1n) is 7.39. The minimum atomic E-state index is 0.0513. The first-order chi connectivity index (χ1) is 8.79. The van der Waals surface area contributed by atoms with Crippen molar-refractivity contribution in [1.29, 1.82) is 0 Å². The SMILES string of the molecule is CC.CC.CC.CC(=O)NCCC1=CCCC=C1. The van der Waals surface area contributed by atoms with E-state index in [1.165, 1.54) is 5.57 Å². The first kappa shape index (κ1) is 22.2. The van der Waals surface area contributed by atoms with Crippen molar-refractivity contribution in [3.05, 3.63) is 23.8 Å². The molecule has 1 rings (SSSR count). The van der Waals surface area contributed by atoms with Crippen molar-refractivity contribution in [2.45, 2.75) is 67.7 Å². The molecule has 0 saturated carbocycles. The van der Waals surface area contributed by atoms with Gasteiger partial charge in [-0.3, -0.25) is 4.79 Å². The summed E-state index contributed by atoms with van der Waals surface area (Å²) in [6, 6.07) is 0. The van der Waals surface area contributed by atoms with Gasteiger partial charge in [0.25, 0.3) is 0 Å². The van der Waals surface area contributed by atoms with E-state index >= 15 is 0 Å². The molecule has 0 aromatic heterocycles. The lowest BCUT2D eigenvalue weighted by Gasteiger charge is -2.06. The van der Waals surface area contributed by atoms with Gasteiger partial charge in [-0.15, -0.1) is 0 Å². The number of nitrogens with one attached hydrogen (secondary N) is 1. The van der Waals surface area contributed by atoms with Gasteiger partial charge in [-0.25, -0.2) is 0 Å². The Morgan fingerprint density at radius 1 is 1.11 bits per heavy atom. The van der Waals surface area contributed by atoms with Crippen molar-refractivity contribution >= 4 is 5.91 Å². The molecule has 0 spiro atoms. The van der Waals surface area contributed by atoms with Gasteiger partial charge in [-0.2, -0.15) is 0 Å². The summed E-state index contributed by atoms with van der Waals surface area (Å²) in [5, 5.41) is 2.78. The van der Waals surface area contributed by atoms with E-state index in [0.717, 1.165) is 25.8 Å². The zero-order chi connectivity index (χ0) is 14.8. The maximum atomic E-state index is 10.5. The highest BCUT2D eigenvalue weighted by atomic mass is 16.1. The van der Waals surface area contributed by atoms with Crippen LogP contribution in [0.15, 0.2) is 23.8 Å². The Morgan fingerprint density at radius 2 is 1.67 bits per heavy atom. The number of carbonyl (C=O) groups excluding carboxylic acids is 1. The van der Waals surface area contributed by atoms with Crippen LogP contribution >= 0.6 is 0 Å². The molecule has 1 aliphatic carbocycles. The van der Waals surface area contributed by atoms with E-state index in [4.69, 9.17) is 0 Å². The molecule has 0 aromatic carbocycles. The third-order valence-electron chi connectivity index (χ3n) is 1.86. The average Bonchev–Trinajstić information content (AvgIpc) is 2.46. The van der Waals surface area contributed by atoms with Crippen molar-refractivity contribution in [3.63, 3.8) is 0 Å². The summed E-state index contributed by atoms with van der Waals surface area (Å²) < 4.78 is 0. The van der Waals surface area contributed by atoms with Crippen molar-refractivity contribution in [3.8, 4) is 0 Å². The third kappa shape index (κ3) is 17.3. The van der Waals surface area contributed by atoms with E-state index in [9.17, 15) is 4.79 Å². The Bertz CT molecular complexity index is 217. The summed E-state index contributed by atoms with van der Waals surface area (Å²) in [7, 11) is 0. The summed E-state index contributed by atoms with van der Waals surface area (Å²) >= 11 is 0. The van der Waals surface area contributed by atoms with Gasteiger partial charge in [0, 0.05) is 13.5 Å². The molecule has 0 atom stereocenters. The van der Waals surface area contributed by atoms with Gasteiger partial charge in [0.15, 0.2) is 0 Å². The average molecular weight is 255 g/mol. The highest BCUT2D eigenvalue weighted by Crippen LogP contribution is 2.11. The van der Waals surface area contributed by atoms with Crippen LogP contribution in [0, 0.1) is 0 Å². The zero-order valence-corrected chi connectivity index (χ0v) is 13.5. The highest BCUT2D eigenvalue weighted by molar-refractivity contribution is 5.72. The topological polar surface area (TPSA) is 29.1 Å². The van der Waals surface area contributed by atoms with Crippen LogP contribution in [0.2, 0.25) is 0 Å². The Hall–Kier alpha value is -1.05. The minimum Gasteiger partial charge on any atom is -0.356 e. The lowest BCUT2D eigenvalue weighted by atomic mass is 10.0. The molecule has 1 N–H and O–H groups in total. The Balaban J connectivity index is -0.000000328. The molecule has 2 nitrogen and oxygen atoms in total. The Labute approximate surface area is 115 Å².